The zero-order chi connectivity index (χ0) is 10.3. The molecule has 0 atom stereocenters. The molecular weight excluding hydrogens is 210 g/mol. The van der Waals surface area contributed by atoms with Crippen molar-refractivity contribution in [2.24, 2.45) is 5.73 Å². The van der Waals surface area contributed by atoms with E-state index in [1.807, 2.05) is 0 Å². The Morgan fingerprint density at radius 1 is 1.46 bits per heavy atom. The van der Waals surface area contributed by atoms with Crippen molar-refractivity contribution < 1.29 is 10.2 Å². The van der Waals surface area contributed by atoms with E-state index in [9.17, 15) is 0 Å². The lowest BCUT2D eigenvalue weighted by Crippen LogP contribution is -2.06. The van der Waals surface area contributed by atoms with Crippen molar-refractivity contribution in [3.8, 4) is 0 Å². The quantitative estimate of drug-likeness (QED) is 0.453. The molecule has 0 aliphatic heterocycles. The molecule has 0 bridgehead atoms. The summed E-state index contributed by atoms with van der Waals surface area (Å²) in [6, 6.07) is 3.57. The van der Waals surface area contributed by atoms with Gasteiger partial charge in [0.05, 0.1) is 0 Å². The maximum Gasteiger partial charge on any atom is 0.259 e. The van der Waals surface area contributed by atoms with Gasteiger partial charge in [0.1, 0.15) is 5.82 Å². The Morgan fingerprint density at radius 2 is 2.00 bits per heavy atom. The summed E-state index contributed by atoms with van der Waals surface area (Å²) in [6.07, 6.45) is 1.74. The van der Waals surface area contributed by atoms with Gasteiger partial charge in [0, 0.05) is 6.20 Å². The second-order valence-electron chi connectivity index (χ2n) is 1.85. The van der Waals surface area contributed by atoms with E-state index in [1.54, 1.807) is 18.3 Å². The smallest absolute Gasteiger partial charge is 0.259 e. The highest BCUT2D eigenvalue weighted by molar-refractivity contribution is 7.80. The molecule has 0 aliphatic rings. The van der Waals surface area contributed by atoms with Crippen LogP contribution >= 0.6 is 24.4 Å². The number of rotatable bonds is 1. The third kappa shape index (κ3) is 8.57. The van der Waals surface area contributed by atoms with E-state index in [4.69, 9.17) is 10.2 Å². The van der Waals surface area contributed by atoms with E-state index in [2.05, 4.69) is 40.5 Å². The second-order valence-corrected chi connectivity index (χ2v) is 2.66. The van der Waals surface area contributed by atoms with Crippen LogP contribution in [0.2, 0.25) is 0 Å². The zero-order valence-corrected chi connectivity index (χ0v) is 8.15. The maximum absolute atomic E-state index is 8.52. The van der Waals surface area contributed by atoms with E-state index in [0.29, 0.717) is 5.82 Å². The van der Waals surface area contributed by atoms with Crippen LogP contribution in [0, 0.1) is 0 Å². The fourth-order valence-electron chi connectivity index (χ4n) is 0.523. The Hall–Kier alpha value is -1.34. The molecule has 1 rings (SSSR count). The second kappa shape index (κ2) is 6.21. The van der Waals surface area contributed by atoms with E-state index in [0.717, 1.165) is 0 Å². The van der Waals surface area contributed by atoms with Crippen molar-refractivity contribution in [2.45, 2.75) is 0 Å². The number of aliphatic hydroxyl groups excluding tert-OH is 2. The summed E-state index contributed by atoms with van der Waals surface area (Å²) < 4.78 is 0. The Labute approximate surface area is 85.6 Å². The number of nitrogens with two attached hydrogens (primary N) is 1. The van der Waals surface area contributed by atoms with Gasteiger partial charge in [-0.2, -0.15) is 0 Å². The summed E-state index contributed by atoms with van der Waals surface area (Å²) in [5.41, 5.74) is 4.40. The number of aromatic amines is 1. The van der Waals surface area contributed by atoms with Gasteiger partial charge in [-0.3, -0.25) is 0 Å². The van der Waals surface area contributed by atoms with Crippen molar-refractivity contribution in [2.75, 3.05) is 5.32 Å². The average Bonchev–Trinajstić information content (AvgIpc) is 2.36. The minimum absolute atomic E-state index is 0.225. The molecule has 0 spiro atoms. The highest BCUT2D eigenvalue weighted by Crippen LogP contribution is 1.99. The van der Waals surface area contributed by atoms with Gasteiger partial charge in [-0.05, 0) is 36.6 Å². The molecule has 1 heterocycles. The molecule has 72 valence electrons. The lowest BCUT2D eigenvalue weighted by molar-refractivity contribution is 0.560. The molecule has 0 fully saturated rings. The molecule has 13 heavy (non-hydrogen) atoms. The van der Waals surface area contributed by atoms with Crippen LogP contribution in [0.15, 0.2) is 18.3 Å². The number of nitrogens with one attached hydrogen (secondary N) is 2. The standard InChI is InChI=1S/C5H6N2OS.CH3NOS/c8-5(9)7-4-2-1-3-6-4;2-1(3)4/h1-3,6H,(H2,7,8,9);(H3,2,3,4). The molecule has 0 aliphatic carbocycles. The van der Waals surface area contributed by atoms with E-state index < -0.39 is 5.17 Å². The minimum atomic E-state index is -0.500. The first-order valence-corrected chi connectivity index (χ1v) is 3.95. The molecule has 6 N–H and O–H groups in total. The Morgan fingerprint density at radius 3 is 2.31 bits per heavy atom. The molecule has 0 radical (unpaired) electrons. The van der Waals surface area contributed by atoms with Gasteiger partial charge in [0.15, 0.2) is 0 Å². The topological polar surface area (TPSA) is 94.3 Å². The van der Waals surface area contributed by atoms with Gasteiger partial charge < -0.3 is 26.2 Å². The summed E-state index contributed by atoms with van der Waals surface area (Å²) in [4.78, 5) is 2.81. The van der Waals surface area contributed by atoms with Crippen molar-refractivity contribution in [3.05, 3.63) is 18.3 Å². The number of anilines is 1. The van der Waals surface area contributed by atoms with Crippen LogP contribution in [0.25, 0.3) is 0 Å². The van der Waals surface area contributed by atoms with Crippen molar-refractivity contribution in [3.63, 3.8) is 0 Å². The van der Waals surface area contributed by atoms with E-state index >= 15 is 0 Å². The summed E-state index contributed by atoms with van der Waals surface area (Å²) in [5.74, 6) is 0.697. The SMILES string of the molecule is NC(O)=S.OC(=S)Nc1ccc[nH]1. The van der Waals surface area contributed by atoms with Gasteiger partial charge in [-0.1, -0.05) is 0 Å². The lowest BCUT2D eigenvalue weighted by atomic mass is 10.6. The fourth-order valence-corrected chi connectivity index (χ4v) is 0.633. The third-order valence-electron chi connectivity index (χ3n) is 0.840. The summed E-state index contributed by atoms with van der Waals surface area (Å²) in [7, 11) is 0. The van der Waals surface area contributed by atoms with Crippen LogP contribution in [0.5, 0.6) is 0 Å². The van der Waals surface area contributed by atoms with Crippen LogP contribution in [-0.2, 0) is 0 Å². The monoisotopic (exact) mass is 219 g/mol. The van der Waals surface area contributed by atoms with Gasteiger partial charge in [0.25, 0.3) is 10.3 Å². The number of aliphatic hydroxyl groups is 2. The molecule has 7 heteroatoms. The summed E-state index contributed by atoms with van der Waals surface area (Å²) in [5, 5.41) is 17.9. The van der Waals surface area contributed by atoms with Crippen molar-refractivity contribution in [1.82, 2.24) is 4.98 Å². The fraction of sp³-hybridized carbons (Fsp3) is 0. The Kier molecular flexibility index (Phi) is 5.57. The first kappa shape index (κ1) is 11.7. The molecule has 1 aromatic heterocycles. The van der Waals surface area contributed by atoms with Crippen LogP contribution in [-0.4, -0.2) is 25.5 Å². The number of thiocarbonyl (C=S) groups is 2. The van der Waals surface area contributed by atoms with Gasteiger partial charge in [0.2, 0.25) is 0 Å². The first-order valence-electron chi connectivity index (χ1n) is 3.14. The minimum Gasteiger partial charge on any atom is -0.487 e. The predicted octanol–water partition coefficient (Wildman–Crippen LogP) is 1.06. The van der Waals surface area contributed by atoms with Gasteiger partial charge in [-0.25, -0.2) is 0 Å². The van der Waals surface area contributed by atoms with Gasteiger partial charge >= 0.3 is 0 Å². The van der Waals surface area contributed by atoms with Crippen LogP contribution < -0.4 is 11.1 Å². The van der Waals surface area contributed by atoms with Gasteiger partial charge in [-0.15, -0.1) is 0 Å². The number of aromatic nitrogens is 1. The largest absolute Gasteiger partial charge is 0.487 e. The van der Waals surface area contributed by atoms with Crippen molar-refractivity contribution >= 4 is 40.6 Å². The molecule has 0 unspecified atom stereocenters. The highest BCUT2D eigenvalue weighted by Gasteiger charge is 1.90. The zero-order valence-electron chi connectivity index (χ0n) is 6.52. The molecule has 1 aromatic rings. The third-order valence-corrected chi connectivity index (χ3v) is 0.942. The molecular formula is C6H9N3O2S2. The molecule has 0 saturated carbocycles. The highest BCUT2D eigenvalue weighted by atomic mass is 32.1. The molecule has 5 nitrogen and oxygen atoms in total. The number of hydrogen-bond acceptors (Lipinski definition) is 2. The number of hydrogen-bond donors (Lipinski definition) is 5. The van der Waals surface area contributed by atoms with E-state index in [1.165, 1.54) is 0 Å². The molecule has 0 amide bonds. The Balaban J connectivity index is 0.000000310. The number of H-pyrrole nitrogens is 1. The summed E-state index contributed by atoms with van der Waals surface area (Å²) in [6.45, 7) is 0. The van der Waals surface area contributed by atoms with Crippen molar-refractivity contribution in [1.29, 1.82) is 0 Å². The first-order chi connectivity index (χ1) is 6.02. The van der Waals surface area contributed by atoms with E-state index in [-0.39, 0.29) is 5.17 Å². The van der Waals surface area contributed by atoms with Crippen LogP contribution in [0.3, 0.4) is 0 Å². The average molecular weight is 219 g/mol. The van der Waals surface area contributed by atoms with Crippen LogP contribution in [0.1, 0.15) is 0 Å². The molecule has 0 saturated heterocycles. The lowest BCUT2D eigenvalue weighted by Gasteiger charge is -1.95. The Bertz CT molecular complexity index is 269. The molecule has 0 aromatic carbocycles. The summed E-state index contributed by atoms with van der Waals surface area (Å²) >= 11 is 8.24. The normalized spacial score (nSPS) is 8.00. The van der Waals surface area contributed by atoms with Crippen LogP contribution in [0.4, 0.5) is 5.82 Å². The maximum atomic E-state index is 8.52. The predicted molar refractivity (Wildman–Crippen MR) is 59.1 cm³/mol.